The van der Waals surface area contributed by atoms with Gasteiger partial charge in [-0.2, -0.15) is 0 Å². The van der Waals surface area contributed by atoms with Crippen molar-refractivity contribution in [1.29, 1.82) is 0 Å². The Morgan fingerprint density at radius 2 is 1.91 bits per heavy atom. The Hall–Kier alpha value is -2.66. The summed E-state index contributed by atoms with van der Waals surface area (Å²) in [4.78, 5) is 27.3. The first-order valence-corrected chi connectivity index (χ1v) is 7.31. The minimum Gasteiger partial charge on any atom is -0.355 e. The van der Waals surface area contributed by atoms with Crippen molar-refractivity contribution in [2.24, 2.45) is 0 Å². The highest BCUT2D eigenvalue weighted by Gasteiger charge is 2.03. The summed E-state index contributed by atoms with van der Waals surface area (Å²) in [5.74, 6) is -0.423. The fourth-order valence-corrected chi connectivity index (χ4v) is 1.98. The number of hydrogen-bond acceptors (Lipinski definition) is 3. The zero-order chi connectivity index (χ0) is 16.8. The normalized spacial score (nSPS) is 10.6. The Bertz CT molecular complexity index is 755. The largest absolute Gasteiger partial charge is 0.355 e. The number of carbonyl (C=O) groups is 2. The summed E-state index contributed by atoms with van der Waals surface area (Å²) in [6, 6.07) is 8.68. The van der Waals surface area contributed by atoms with Crippen LogP contribution in [0.15, 0.2) is 42.6 Å². The van der Waals surface area contributed by atoms with Gasteiger partial charge in [-0.1, -0.05) is 23.7 Å². The van der Waals surface area contributed by atoms with Gasteiger partial charge in [0.2, 0.25) is 5.91 Å². The second-order valence-electron chi connectivity index (χ2n) is 4.86. The zero-order valence-electron chi connectivity index (χ0n) is 12.8. The molecule has 6 heteroatoms. The van der Waals surface area contributed by atoms with Crippen LogP contribution in [0, 0.1) is 6.92 Å². The molecule has 0 saturated carbocycles. The summed E-state index contributed by atoms with van der Waals surface area (Å²) in [5.41, 5.74) is 2.75. The quantitative estimate of drug-likeness (QED) is 0.669. The molecule has 0 aliphatic rings. The first-order chi connectivity index (χ1) is 11.0. The monoisotopic (exact) mass is 329 g/mol. The molecule has 0 bridgehead atoms. The third-order valence-electron chi connectivity index (χ3n) is 3.11. The van der Waals surface area contributed by atoms with E-state index in [-0.39, 0.29) is 11.8 Å². The molecule has 2 rings (SSSR count). The number of halogens is 1. The fraction of sp³-hybridized carbons (Fsp3) is 0.118. The lowest BCUT2D eigenvalue weighted by atomic mass is 10.1. The van der Waals surface area contributed by atoms with E-state index in [4.69, 9.17) is 11.6 Å². The van der Waals surface area contributed by atoms with Crippen LogP contribution in [0.3, 0.4) is 0 Å². The van der Waals surface area contributed by atoms with Gasteiger partial charge in [-0.05, 0) is 42.3 Å². The number of nitrogens with zero attached hydrogens (tertiary/aromatic N) is 1. The number of nitrogens with one attached hydrogen (secondary N) is 2. The molecule has 0 spiro atoms. The topological polar surface area (TPSA) is 71.1 Å². The molecule has 0 aliphatic heterocycles. The molecule has 1 aromatic heterocycles. The highest BCUT2D eigenvalue weighted by atomic mass is 35.5. The van der Waals surface area contributed by atoms with Crippen molar-refractivity contribution in [3.8, 4) is 0 Å². The maximum absolute atomic E-state index is 11.9. The Morgan fingerprint density at radius 1 is 1.22 bits per heavy atom. The zero-order valence-corrected chi connectivity index (χ0v) is 13.5. The number of anilines is 1. The molecule has 0 unspecified atom stereocenters. The van der Waals surface area contributed by atoms with E-state index in [1.54, 1.807) is 43.5 Å². The maximum Gasteiger partial charge on any atom is 0.251 e. The summed E-state index contributed by atoms with van der Waals surface area (Å²) in [6.07, 6.45) is 4.58. The number of hydrogen-bond donors (Lipinski definition) is 2. The number of carbonyl (C=O) groups excluding carboxylic acids is 2. The molecule has 23 heavy (non-hydrogen) atoms. The van der Waals surface area contributed by atoms with Gasteiger partial charge >= 0.3 is 0 Å². The molecule has 0 saturated heterocycles. The van der Waals surface area contributed by atoms with E-state index in [0.29, 0.717) is 16.4 Å². The molecule has 2 amide bonds. The number of amides is 2. The van der Waals surface area contributed by atoms with E-state index in [1.165, 1.54) is 12.3 Å². The van der Waals surface area contributed by atoms with Crippen LogP contribution in [0.5, 0.6) is 0 Å². The van der Waals surface area contributed by atoms with Gasteiger partial charge in [-0.25, -0.2) is 4.98 Å². The molecule has 118 valence electrons. The van der Waals surface area contributed by atoms with Gasteiger partial charge in [-0.15, -0.1) is 0 Å². The minimum absolute atomic E-state index is 0.149. The van der Waals surface area contributed by atoms with Crippen LogP contribution in [-0.4, -0.2) is 23.8 Å². The third kappa shape index (κ3) is 4.66. The predicted molar refractivity (Wildman–Crippen MR) is 91.5 cm³/mol. The average molecular weight is 330 g/mol. The molecule has 0 aliphatic carbocycles. The lowest BCUT2D eigenvalue weighted by Crippen LogP contribution is -2.17. The maximum atomic E-state index is 11.9. The summed E-state index contributed by atoms with van der Waals surface area (Å²) >= 11 is 5.84. The molecular formula is C17H16ClN3O2. The molecule has 1 heterocycles. The van der Waals surface area contributed by atoms with Crippen LogP contribution >= 0.6 is 11.6 Å². The van der Waals surface area contributed by atoms with Gasteiger partial charge in [0, 0.05) is 18.7 Å². The van der Waals surface area contributed by atoms with Crippen LogP contribution in [0.25, 0.3) is 6.08 Å². The highest BCUT2D eigenvalue weighted by Crippen LogP contribution is 2.16. The van der Waals surface area contributed by atoms with E-state index < -0.39 is 0 Å². The van der Waals surface area contributed by atoms with Gasteiger partial charge < -0.3 is 10.6 Å². The van der Waals surface area contributed by atoms with Crippen LogP contribution in [0.2, 0.25) is 5.15 Å². The van der Waals surface area contributed by atoms with Gasteiger partial charge in [0.1, 0.15) is 5.15 Å². The second kappa shape index (κ2) is 7.56. The van der Waals surface area contributed by atoms with Crippen molar-refractivity contribution in [3.05, 3.63) is 64.4 Å². The summed E-state index contributed by atoms with van der Waals surface area (Å²) in [7, 11) is 1.58. The Balaban J connectivity index is 2.00. The third-order valence-corrected chi connectivity index (χ3v) is 3.50. The van der Waals surface area contributed by atoms with Crippen LogP contribution < -0.4 is 10.6 Å². The average Bonchev–Trinajstić information content (AvgIpc) is 2.56. The molecule has 2 N–H and O–H groups in total. The molecule has 1 aromatic carbocycles. The first kappa shape index (κ1) is 16.7. The van der Waals surface area contributed by atoms with Crippen LogP contribution in [0.1, 0.15) is 21.5 Å². The number of aromatic nitrogens is 1. The lowest BCUT2D eigenvalue weighted by Gasteiger charge is -2.04. The van der Waals surface area contributed by atoms with Crippen molar-refractivity contribution >= 4 is 35.2 Å². The molecule has 0 atom stereocenters. The smallest absolute Gasteiger partial charge is 0.251 e. The summed E-state index contributed by atoms with van der Waals surface area (Å²) in [5, 5.41) is 5.67. The molecule has 2 aromatic rings. The number of aryl methyl sites for hydroxylation is 1. The number of benzene rings is 1. The van der Waals surface area contributed by atoms with Gasteiger partial charge in [0.25, 0.3) is 5.91 Å². The standard InChI is InChI=1S/C17H16ClN3O2/c1-11-9-14(10-20-16(11)18)21-15(22)8-5-12-3-6-13(7-4-12)17(23)19-2/h3-10H,1-2H3,(H,19,23)(H,21,22)/b8-5+. The van der Waals surface area contributed by atoms with Crippen molar-refractivity contribution in [2.75, 3.05) is 12.4 Å². The van der Waals surface area contributed by atoms with E-state index in [9.17, 15) is 9.59 Å². The fourth-order valence-electron chi connectivity index (χ4n) is 1.87. The molecule has 0 fully saturated rings. The van der Waals surface area contributed by atoms with Gasteiger partial charge in [0.15, 0.2) is 0 Å². The molecular weight excluding hydrogens is 314 g/mol. The first-order valence-electron chi connectivity index (χ1n) is 6.93. The predicted octanol–water partition coefficient (Wildman–Crippen LogP) is 3.05. The van der Waals surface area contributed by atoms with Crippen molar-refractivity contribution in [2.45, 2.75) is 6.92 Å². The highest BCUT2D eigenvalue weighted by molar-refractivity contribution is 6.30. The Morgan fingerprint density at radius 3 is 2.52 bits per heavy atom. The van der Waals surface area contributed by atoms with Crippen LogP contribution in [-0.2, 0) is 4.79 Å². The molecule has 0 radical (unpaired) electrons. The summed E-state index contributed by atoms with van der Waals surface area (Å²) < 4.78 is 0. The SMILES string of the molecule is CNC(=O)c1ccc(/C=C/C(=O)Nc2cnc(Cl)c(C)c2)cc1. The molecule has 5 nitrogen and oxygen atoms in total. The number of rotatable bonds is 4. The van der Waals surface area contributed by atoms with Crippen molar-refractivity contribution in [1.82, 2.24) is 10.3 Å². The van der Waals surface area contributed by atoms with E-state index in [0.717, 1.165) is 11.1 Å². The van der Waals surface area contributed by atoms with Crippen LogP contribution in [0.4, 0.5) is 5.69 Å². The Kier molecular flexibility index (Phi) is 5.49. The second-order valence-corrected chi connectivity index (χ2v) is 5.21. The van der Waals surface area contributed by atoms with Crippen molar-refractivity contribution < 1.29 is 9.59 Å². The van der Waals surface area contributed by atoms with E-state index in [2.05, 4.69) is 15.6 Å². The van der Waals surface area contributed by atoms with Gasteiger partial charge in [0.05, 0.1) is 11.9 Å². The number of pyridine rings is 1. The lowest BCUT2D eigenvalue weighted by molar-refractivity contribution is -0.111. The van der Waals surface area contributed by atoms with E-state index in [1.807, 2.05) is 6.92 Å². The van der Waals surface area contributed by atoms with E-state index >= 15 is 0 Å². The van der Waals surface area contributed by atoms with Crippen molar-refractivity contribution in [3.63, 3.8) is 0 Å². The minimum atomic E-state index is -0.274. The Labute approximate surface area is 139 Å². The summed E-state index contributed by atoms with van der Waals surface area (Å²) in [6.45, 7) is 1.81. The van der Waals surface area contributed by atoms with Gasteiger partial charge in [-0.3, -0.25) is 9.59 Å².